The van der Waals surface area contributed by atoms with E-state index in [9.17, 15) is 0 Å². The summed E-state index contributed by atoms with van der Waals surface area (Å²) >= 11 is 3.63. The SMILES string of the molecule is CCCc1ccc(Br)c2c1C(C)=CC2. The molecule has 2 rings (SSSR count). The number of aryl methyl sites for hydroxylation is 1. The van der Waals surface area contributed by atoms with Gasteiger partial charge in [-0.3, -0.25) is 0 Å². The van der Waals surface area contributed by atoms with Gasteiger partial charge in [-0.2, -0.15) is 0 Å². The summed E-state index contributed by atoms with van der Waals surface area (Å²) < 4.78 is 1.26. The van der Waals surface area contributed by atoms with E-state index in [1.54, 1.807) is 0 Å². The van der Waals surface area contributed by atoms with Gasteiger partial charge in [-0.1, -0.05) is 41.4 Å². The number of halogens is 1. The Morgan fingerprint density at radius 2 is 2.14 bits per heavy atom. The quantitative estimate of drug-likeness (QED) is 0.732. The number of allylic oxidation sites excluding steroid dienone is 2. The van der Waals surface area contributed by atoms with Crippen LogP contribution in [0.4, 0.5) is 0 Å². The van der Waals surface area contributed by atoms with Gasteiger partial charge >= 0.3 is 0 Å². The predicted molar refractivity (Wildman–Crippen MR) is 65.5 cm³/mol. The van der Waals surface area contributed by atoms with E-state index in [1.807, 2.05) is 0 Å². The second-order valence-electron chi connectivity index (χ2n) is 3.90. The molecule has 0 unspecified atom stereocenters. The molecule has 0 radical (unpaired) electrons. The Morgan fingerprint density at radius 3 is 2.86 bits per heavy atom. The van der Waals surface area contributed by atoms with E-state index in [-0.39, 0.29) is 0 Å². The molecule has 0 aliphatic heterocycles. The van der Waals surface area contributed by atoms with Gasteiger partial charge in [0.25, 0.3) is 0 Å². The van der Waals surface area contributed by atoms with Crippen molar-refractivity contribution in [1.29, 1.82) is 0 Å². The molecule has 74 valence electrons. The van der Waals surface area contributed by atoms with Gasteiger partial charge in [-0.25, -0.2) is 0 Å². The van der Waals surface area contributed by atoms with Gasteiger partial charge in [0.15, 0.2) is 0 Å². The van der Waals surface area contributed by atoms with Crippen LogP contribution in [-0.2, 0) is 12.8 Å². The first-order valence-electron chi connectivity index (χ1n) is 5.21. The first kappa shape index (κ1) is 9.97. The van der Waals surface area contributed by atoms with Crippen molar-refractivity contribution in [2.45, 2.75) is 33.1 Å². The van der Waals surface area contributed by atoms with Crippen LogP contribution in [0.15, 0.2) is 22.7 Å². The number of rotatable bonds is 2. The van der Waals surface area contributed by atoms with Crippen LogP contribution in [0.25, 0.3) is 5.57 Å². The molecule has 0 fully saturated rings. The maximum absolute atomic E-state index is 3.63. The van der Waals surface area contributed by atoms with Crippen molar-refractivity contribution in [2.75, 3.05) is 0 Å². The largest absolute Gasteiger partial charge is 0.0765 e. The maximum Gasteiger partial charge on any atom is 0.0216 e. The monoisotopic (exact) mass is 250 g/mol. The van der Waals surface area contributed by atoms with Gasteiger partial charge in [-0.15, -0.1) is 0 Å². The Kier molecular flexibility index (Phi) is 2.78. The molecule has 0 aromatic heterocycles. The van der Waals surface area contributed by atoms with Crippen molar-refractivity contribution in [3.8, 4) is 0 Å². The van der Waals surface area contributed by atoms with Crippen LogP contribution < -0.4 is 0 Å². The summed E-state index contributed by atoms with van der Waals surface area (Å²) in [6, 6.07) is 4.45. The molecule has 14 heavy (non-hydrogen) atoms. The minimum atomic E-state index is 1.10. The number of hydrogen-bond acceptors (Lipinski definition) is 0. The average Bonchev–Trinajstić information content (AvgIpc) is 2.55. The lowest BCUT2D eigenvalue weighted by molar-refractivity contribution is 0.916. The van der Waals surface area contributed by atoms with E-state index in [0.29, 0.717) is 0 Å². The Bertz CT molecular complexity index is 388. The summed E-state index contributed by atoms with van der Waals surface area (Å²) in [4.78, 5) is 0. The second-order valence-corrected chi connectivity index (χ2v) is 4.76. The van der Waals surface area contributed by atoms with E-state index in [2.05, 4.69) is 48.0 Å². The van der Waals surface area contributed by atoms with Gasteiger partial charge in [0.05, 0.1) is 0 Å². The molecule has 0 heterocycles. The molecule has 0 atom stereocenters. The highest BCUT2D eigenvalue weighted by Gasteiger charge is 2.16. The summed E-state index contributed by atoms with van der Waals surface area (Å²) in [5.41, 5.74) is 5.94. The molecule has 0 saturated carbocycles. The molecule has 1 heteroatoms. The smallest absolute Gasteiger partial charge is 0.0216 e. The van der Waals surface area contributed by atoms with Crippen molar-refractivity contribution >= 4 is 21.5 Å². The fourth-order valence-electron chi connectivity index (χ4n) is 2.20. The van der Waals surface area contributed by atoms with Crippen LogP contribution in [0.1, 0.15) is 37.0 Å². The molecule has 0 nitrogen and oxygen atoms in total. The molecule has 1 aromatic rings. The van der Waals surface area contributed by atoms with Crippen molar-refractivity contribution in [1.82, 2.24) is 0 Å². The van der Waals surface area contributed by atoms with Gasteiger partial charge in [0.2, 0.25) is 0 Å². The lowest BCUT2D eigenvalue weighted by Crippen LogP contribution is -1.94. The normalized spacial score (nSPS) is 14.1. The minimum Gasteiger partial charge on any atom is -0.0765 e. The average molecular weight is 251 g/mol. The predicted octanol–water partition coefficient (Wildman–Crippen LogP) is 4.36. The third kappa shape index (κ3) is 1.54. The second kappa shape index (κ2) is 3.90. The molecule has 1 aromatic carbocycles. The fraction of sp³-hybridized carbons (Fsp3) is 0.385. The van der Waals surface area contributed by atoms with E-state index in [4.69, 9.17) is 0 Å². The fourth-order valence-corrected chi connectivity index (χ4v) is 2.69. The Morgan fingerprint density at radius 1 is 1.36 bits per heavy atom. The summed E-state index contributed by atoms with van der Waals surface area (Å²) in [6.07, 6.45) is 5.84. The maximum atomic E-state index is 3.63. The van der Waals surface area contributed by atoms with Crippen molar-refractivity contribution in [3.05, 3.63) is 39.4 Å². The molecule has 0 amide bonds. The highest BCUT2D eigenvalue weighted by atomic mass is 79.9. The lowest BCUT2D eigenvalue weighted by Gasteiger charge is -2.10. The zero-order valence-corrected chi connectivity index (χ0v) is 10.3. The third-order valence-electron chi connectivity index (χ3n) is 2.87. The molecule has 0 spiro atoms. The third-order valence-corrected chi connectivity index (χ3v) is 3.61. The van der Waals surface area contributed by atoms with Gasteiger partial charge < -0.3 is 0 Å². The molecular weight excluding hydrogens is 236 g/mol. The summed E-state index contributed by atoms with van der Waals surface area (Å²) in [5, 5.41) is 0. The summed E-state index contributed by atoms with van der Waals surface area (Å²) in [7, 11) is 0. The van der Waals surface area contributed by atoms with Crippen LogP contribution in [0.3, 0.4) is 0 Å². The Hall–Kier alpha value is -0.560. The van der Waals surface area contributed by atoms with Crippen LogP contribution >= 0.6 is 15.9 Å². The van der Waals surface area contributed by atoms with Crippen LogP contribution in [0.5, 0.6) is 0 Å². The van der Waals surface area contributed by atoms with Crippen molar-refractivity contribution in [3.63, 3.8) is 0 Å². The number of benzene rings is 1. The molecular formula is C13H15Br. The van der Waals surface area contributed by atoms with Crippen LogP contribution in [0, 0.1) is 0 Å². The standard InChI is InChI=1S/C13H15Br/c1-3-4-10-6-8-12(14)11-7-5-9(2)13(10)11/h5-6,8H,3-4,7H2,1-2H3. The van der Waals surface area contributed by atoms with Crippen LogP contribution in [0.2, 0.25) is 0 Å². The van der Waals surface area contributed by atoms with Gasteiger partial charge in [0.1, 0.15) is 0 Å². The molecule has 1 aliphatic carbocycles. The van der Waals surface area contributed by atoms with Gasteiger partial charge in [-0.05, 0) is 48.1 Å². The molecule has 1 aliphatic rings. The Labute approximate surface area is 94.2 Å². The van der Waals surface area contributed by atoms with E-state index >= 15 is 0 Å². The van der Waals surface area contributed by atoms with Crippen LogP contribution in [-0.4, -0.2) is 0 Å². The number of hydrogen-bond donors (Lipinski definition) is 0. The van der Waals surface area contributed by atoms with Crippen molar-refractivity contribution in [2.24, 2.45) is 0 Å². The zero-order valence-electron chi connectivity index (χ0n) is 8.73. The van der Waals surface area contributed by atoms with E-state index < -0.39 is 0 Å². The molecule has 0 N–H and O–H groups in total. The van der Waals surface area contributed by atoms with E-state index in [0.717, 1.165) is 6.42 Å². The highest BCUT2D eigenvalue weighted by molar-refractivity contribution is 9.10. The first-order valence-corrected chi connectivity index (χ1v) is 6.00. The molecule has 0 saturated heterocycles. The Balaban J connectivity index is 2.54. The summed E-state index contributed by atoms with van der Waals surface area (Å²) in [5.74, 6) is 0. The first-order chi connectivity index (χ1) is 6.74. The molecule has 0 bridgehead atoms. The zero-order chi connectivity index (χ0) is 10.1. The van der Waals surface area contributed by atoms with Gasteiger partial charge in [0, 0.05) is 4.47 Å². The summed E-state index contributed by atoms with van der Waals surface area (Å²) in [6.45, 7) is 4.46. The topological polar surface area (TPSA) is 0 Å². The van der Waals surface area contributed by atoms with E-state index in [1.165, 1.54) is 39.6 Å². The van der Waals surface area contributed by atoms with Crippen molar-refractivity contribution < 1.29 is 0 Å². The number of fused-ring (bicyclic) bond motifs is 1. The lowest BCUT2D eigenvalue weighted by atomic mass is 9.97. The highest BCUT2D eigenvalue weighted by Crippen LogP contribution is 2.35. The minimum absolute atomic E-state index is 1.10.